The lowest BCUT2D eigenvalue weighted by atomic mass is 9.87. The molecule has 11 heavy (non-hydrogen) atoms. The van der Waals surface area contributed by atoms with Gasteiger partial charge >= 0.3 is 5.97 Å². The van der Waals surface area contributed by atoms with Crippen LogP contribution in [0.5, 0.6) is 0 Å². The second kappa shape index (κ2) is 3.51. The molecule has 0 aromatic rings. The lowest BCUT2D eigenvalue weighted by molar-refractivity contribution is -0.147. The maximum absolute atomic E-state index is 10.5. The molecule has 0 atom stereocenters. The molecule has 3 nitrogen and oxygen atoms in total. The summed E-state index contributed by atoms with van der Waals surface area (Å²) < 4.78 is 0. The standard InChI is InChI=1S/C8H14O3/c1-6(9)4-5-8(2,3)7(10)11/h4-5H2,1-3H3,(H,10,11). The number of carboxylic acid groups (broad SMARTS) is 1. The molecule has 3 heteroatoms. The number of hydrogen-bond donors (Lipinski definition) is 1. The third kappa shape index (κ3) is 3.75. The van der Waals surface area contributed by atoms with E-state index in [4.69, 9.17) is 5.11 Å². The van der Waals surface area contributed by atoms with E-state index in [1.807, 2.05) is 0 Å². The Bertz CT molecular complexity index is 170. The minimum atomic E-state index is -0.848. The van der Waals surface area contributed by atoms with Crippen molar-refractivity contribution in [2.24, 2.45) is 5.41 Å². The molecule has 0 aliphatic heterocycles. The molecule has 0 radical (unpaired) electrons. The molecule has 0 amide bonds. The quantitative estimate of drug-likeness (QED) is 0.674. The van der Waals surface area contributed by atoms with Gasteiger partial charge in [0.15, 0.2) is 0 Å². The van der Waals surface area contributed by atoms with Crippen LogP contribution < -0.4 is 0 Å². The Hall–Kier alpha value is -0.860. The Balaban J connectivity index is 3.92. The second-order valence-electron chi connectivity index (χ2n) is 3.39. The fraction of sp³-hybridized carbons (Fsp3) is 0.750. The van der Waals surface area contributed by atoms with Gasteiger partial charge in [-0.2, -0.15) is 0 Å². The average Bonchev–Trinajstić information content (AvgIpc) is 1.84. The molecule has 0 saturated heterocycles. The number of aliphatic carboxylic acids is 1. The van der Waals surface area contributed by atoms with Gasteiger partial charge in [0.1, 0.15) is 5.78 Å². The first-order valence-corrected chi connectivity index (χ1v) is 3.59. The normalized spacial score (nSPS) is 11.2. The second-order valence-corrected chi connectivity index (χ2v) is 3.39. The van der Waals surface area contributed by atoms with Crippen LogP contribution in [0.15, 0.2) is 0 Å². The van der Waals surface area contributed by atoms with Crippen LogP contribution in [0.1, 0.15) is 33.6 Å². The van der Waals surface area contributed by atoms with Crippen LogP contribution in [0.25, 0.3) is 0 Å². The van der Waals surface area contributed by atoms with E-state index in [9.17, 15) is 9.59 Å². The summed E-state index contributed by atoms with van der Waals surface area (Å²) in [7, 11) is 0. The van der Waals surface area contributed by atoms with Crippen molar-refractivity contribution in [3.63, 3.8) is 0 Å². The van der Waals surface area contributed by atoms with Gasteiger partial charge in [0.2, 0.25) is 0 Å². The van der Waals surface area contributed by atoms with Crippen LogP contribution in [-0.4, -0.2) is 16.9 Å². The number of Topliss-reactive ketones (excluding diaryl/α,β-unsaturated/α-hetero) is 1. The number of hydrogen-bond acceptors (Lipinski definition) is 2. The largest absolute Gasteiger partial charge is 0.481 e. The van der Waals surface area contributed by atoms with Crippen molar-refractivity contribution in [2.75, 3.05) is 0 Å². The Morgan fingerprint density at radius 1 is 1.36 bits per heavy atom. The Morgan fingerprint density at radius 2 is 1.82 bits per heavy atom. The highest BCUT2D eigenvalue weighted by Crippen LogP contribution is 2.22. The zero-order valence-corrected chi connectivity index (χ0v) is 7.18. The zero-order valence-electron chi connectivity index (χ0n) is 7.18. The minimum Gasteiger partial charge on any atom is -0.481 e. The highest BCUT2D eigenvalue weighted by molar-refractivity contribution is 5.78. The van der Waals surface area contributed by atoms with Crippen molar-refractivity contribution in [2.45, 2.75) is 33.6 Å². The van der Waals surface area contributed by atoms with E-state index in [0.29, 0.717) is 12.8 Å². The molecule has 0 unspecified atom stereocenters. The number of rotatable bonds is 4. The van der Waals surface area contributed by atoms with E-state index in [0.717, 1.165) is 0 Å². The lowest BCUT2D eigenvalue weighted by Gasteiger charge is -2.17. The van der Waals surface area contributed by atoms with Crippen LogP contribution in [0.4, 0.5) is 0 Å². The molecule has 0 rings (SSSR count). The fourth-order valence-corrected chi connectivity index (χ4v) is 0.595. The molecule has 0 spiro atoms. The van der Waals surface area contributed by atoms with Crippen molar-refractivity contribution in [3.05, 3.63) is 0 Å². The molecule has 0 aromatic carbocycles. The third-order valence-electron chi connectivity index (χ3n) is 1.68. The molecular weight excluding hydrogens is 144 g/mol. The average molecular weight is 158 g/mol. The van der Waals surface area contributed by atoms with Crippen molar-refractivity contribution < 1.29 is 14.7 Å². The summed E-state index contributed by atoms with van der Waals surface area (Å²) in [6.07, 6.45) is 0.761. The molecule has 0 aromatic heterocycles. The summed E-state index contributed by atoms with van der Waals surface area (Å²) in [6, 6.07) is 0. The predicted octanol–water partition coefficient (Wildman–Crippen LogP) is 1.47. The van der Waals surface area contributed by atoms with Gasteiger partial charge in [-0.3, -0.25) is 4.79 Å². The smallest absolute Gasteiger partial charge is 0.309 e. The van der Waals surface area contributed by atoms with Gasteiger partial charge in [-0.25, -0.2) is 0 Å². The molecule has 0 heterocycles. The first-order valence-electron chi connectivity index (χ1n) is 3.59. The number of ketones is 1. The molecule has 0 saturated carbocycles. The van der Waals surface area contributed by atoms with Gasteiger partial charge < -0.3 is 9.90 Å². The fourth-order valence-electron chi connectivity index (χ4n) is 0.595. The van der Waals surface area contributed by atoms with Crippen LogP contribution in [0.3, 0.4) is 0 Å². The lowest BCUT2D eigenvalue weighted by Crippen LogP contribution is -2.24. The van der Waals surface area contributed by atoms with Crippen molar-refractivity contribution >= 4 is 11.8 Å². The summed E-state index contributed by atoms with van der Waals surface area (Å²) in [5.41, 5.74) is -0.772. The number of carbonyl (C=O) groups excluding carboxylic acids is 1. The van der Waals surface area contributed by atoms with Gasteiger partial charge in [-0.15, -0.1) is 0 Å². The minimum absolute atomic E-state index is 0.0410. The van der Waals surface area contributed by atoms with Gasteiger partial charge in [0.25, 0.3) is 0 Å². The van der Waals surface area contributed by atoms with Crippen LogP contribution in [0.2, 0.25) is 0 Å². The van der Waals surface area contributed by atoms with E-state index >= 15 is 0 Å². The Morgan fingerprint density at radius 3 is 2.09 bits per heavy atom. The first kappa shape index (κ1) is 10.1. The van der Waals surface area contributed by atoms with Gasteiger partial charge in [0.05, 0.1) is 5.41 Å². The molecular formula is C8H14O3. The maximum atomic E-state index is 10.5. The molecule has 0 bridgehead atoms. The van der Waals surface area contributed by atoms with E-state index in [1.54, 1.807) is 13.8 Å². The Labute approximate surface area is 66.4 Å². The van der Waals surface area contributed by atoms with Crippen molar-refractivity contribution in [1.82, 2.24) is 0 Å². The van der Waals surface area contributed by atoms with Crippen LogP contribution in [0, 0.1) is 5.41 Å². The zero-order chi connectivity index (χ0) is 9.07. The summed E-state index contributed by atoms with van der Waals surface area (Å²) in [5.74, 6) is -0.807. The summed E-state index contributed by atoms with van der Waals surface area (Å²) in [5, 5.41) is 8.64. The highest BCUT2D eigenvalue weighted by atomic mass is 16.4. The monoisotopic (exact) mass is 158 g/mol. The topological polar surface area (TPSA) is 54.4 Å². The van der Waals surface area contributed by atoms with E-state index < -0.39 is 11.4 Å². The molecule has 0 aliphatic rings. The summed E-state index contributed by atoms with van der Waals surface area (Å²) in [6.45, 7) is 4.72. The third-order valence-corrected chi connectivity index (χ3v) is 1.68. The number of carboxylic acids is 1. The van der Waals surface area contributed by atoms with E-state index in [-0.39, 0.29) is 5.78 Å². The van der Waals surface area contributed by atoms with E-state index in [2.05, 4.69) is 0 Å². The summed E-state index contributed by atoms with van der Waals surface area (Å²) >= 11 is 0. The van der Waals surface area contributed by atoms with Crippen LogP contribution >= 0.6 is 0 Å². The van der Waals surface area contributed by atoms with Crippen LogP contribution in [-0.2, 0) is 9.59 Å². The maximum Gasteiger partial charge on any atom is 0.309 e. The van der Waals surface area contributed by atoms with E-state index in [1.165, 1.54) is 6.92 Å². The molecule has 0 fully saturated rings. The van der Waals surface area contributed by atoms with Gasteiger partial charge in [-0.1, -0.05) is 0 Å². The summed E-state index contributed by atoms with van der Waals surface area (Å²) in [4.78, 5) is 21.0. The van der Waals surface area contributed by atoms with Gasteiger partial charge in [0, 0.05) is 6.42 Å². The van der Waals surface area contributed by atoms with Gasteiger partial charge in [-0.05, 0) is 27.2 Å². The highest BCUT2D eigenvalue weighted by Gasteiger charge is 2.26. The first-order chi connectivity index (χ1) is 4.86. The SMILES string of the molecule is CC(=O)CCC(C)(C)C(=O)O. The molecule has 1 N–H and O–H groups in total. The van der Waals surface area contributed by atoms with Crippen molar-refractivity contribution in [3.8, 4) is 0 Å². The number of carbonyl (C=O) groups is 2. The molecule has 64 valence electrons. The molecule has 0 aliphatic carbocycles. The van der Waals surface area contributed by atoms with Crippen molar-refractivity contribution in [1.29, 1.82) is 0 Å². The Kier molecular flexibility index (Phi) is 3.23. The predicted molar refractivity (Wildman–Crippen MR) is 41.3 cm³/mol.